The highest BCUT2D eigenvalue weighted by atomic mass is 19.1. The minimum Gasteiger partial charge on any atom is -0.452 e. The first-order valence-electron chi connectivity index (χ1n) is 6.69. The zero-order chi connectivity index (χ0) is 14.0. The molecule has 1 atom stereocenters. The largest absolute Gasteiger partial charge is 0.452 e. The fraction of sp³-hybridized carbons (Fsp3) is 0.500. The van der Waals surface area contributed by atoms with E-state index in [2.05, 4.69) is 0 Å². The van der Waals surface area contributed by atoms with Crippen LogP contribution in [0.2, 0.25) is 0 Å². The van der Waals surface area contributed by atoms with Gasteiger partial charge in [0.15, 0.2) is 11.6 Å². The van der Waals surface area contributed by atoms with Crippen molar-refractivity contribution < 1.29 is 13.5 Å². The maximum absolute atomic E-state index is 14.1. The molecule has 2 rings (SSSR count). The Morgan fingerprint density at radius 2 is 1.95 bits per heavy atom. The van der Waals surface area contributed by atoms with E-state index >= 15 is 0 Å². The predicted octanol–water partition coefficient (Wildman–Crippen LogP) is 5.34. The van der Waals surface area contributed by atoms with Gasteiger partial charge in [-0.1, -0.05) is 26.8 Å². The first-order valence-corrected chi connectivity index (χ1v) is 6.69. The summed E-state index contributed by atoms with van der Waals surface area (Å²) in [5.41, 5.74) is -0.162. The van der Waals surface area contributed by atoms with Gasteiger partial charge in [-0.2, -0.15) is 0 Å². The average molecular weight is 266 g/mol. The summed E-state index contributed by atoms with van der Waals surface area (Å²) in [5.74, 6) is -0.966. The molecule has 0 amide bonds. The van der Waals surface area contributed by atoms with E-state index in [0.29, 0.717) is 5.76 Å². The van der Waals surface area contributed by atoms with Gasteiger partial charge in [0.25, 0.3) is 0 Å². The molecule has 1 unspecified atom stereocenters. The van der Waals surface area contributed by atoms with Gasteiger partial charge >= 0.3 is 0 Å². The highest BCUT2D eigenvalue weighted by Gasteiger charge is 2.32. The molecule has 0 aromatic heterocycles. The molecule has 0 heterocycles. The van der Waals surface area contributed by atoms with Crippen LogP contribution in [0.4, 0.5) is 8.78 Å². The smallest absolute Gasteiger partial charge is 0.194 e. The van der Waals surface area contributed by atoms with Gasteiger partial charge in [0.1, 0.15) is 11.6 Å². The molecule has 0 spiro atoms. The Balaban J connectivity index is 2.16. The van der Waals surface area contributed by atoms with Crippen LogP contribution >= 0.6 is 0 Å². The van der Waals surface area contributed by atoms with E-state index in [1.165, 1.54) is 6.08 Å². The fourth-order valence-electron chi connectivity index (χ4n) is 2.17. The molecule has 1 nitrogen and oxygen atoms in total. The lowest BCUT2D eigenvalue weighted by Gasteiger charge is -2.30. The standard InChI is InChI=1S/C16H20F2O/c1-16(2,3)11-9-13(17)15(14(18)10-11)19-12-7-5-4-6-8-12/h5,7-9,11H,4,6,10H2,1-3H3. The van der Waals surface area contributed by atoms with Crippen LogP contribution in [0.25, 0.3) is 0 Å². The average Bonchev–Trinajstić information content (AvgIpc) is 2.33. The zero-order valence-electron chi connectivity index (χ0n) is 11.7. The lowest BCUT2D eigenvalue weighted by Crippen LogP contribution is -2.22. The van der Waals surface area contributed by atoms with Gasteiger partial charge in [-0.25, -0.2) is 8.78 Å². The molecule has 0 fully saturated rings. The number of allylic oxidation sites excluding steroid dienone is 6. The fourth-order valence-corrected chi connectivity index (χ4v) is 2.17. The normalized spacial score (nSPS) is 24.2. The second kappa shape index (κ2) is 5.32. The van der Waals surface area contributed by atoms with E-state index < -0.39 is 11.7 Å². The molecule has 2 aliphatic rings. The van der Waals surface area contributed by atoms with Crippen molar-refractivity contribution in [3.05, 3.63) is 47.5 Å². The molecule has 0 N–H and O–H groups in total. The molecule has 0 aliphatic heterocycles. The highest BCUT2D eigenvalue weighted by Crippen LogP contribution is 2.40. The lowest BCUT2D eigenvalue weighted by atomic mass is 9.76. The molecule has 0 saturated heterocycles. The molecule has 0 bridgehead atoms. The summed E-state index contributed by atoms with van der Waals surface area (Å²) >= 11 is 0. The SMILES string of the molecule is CC(C)(C)C1C=C(F)C(OC2=CCCC=C2)=C(F)C1. The van der Waals surface area contributed by atoms with Gasteiger partial charge in [0, 0.05) is 6.42 Å². The van der Waals surface area contributed by atoms with Crippen LogP contribution < -0.4 is 0 Å². The molecule has 0 radical (unpaired) electrons. The summed E-state index contributed by atoms with van der Waals surface area (Å²) in [5, 5.41) is 0. The summed E-state index contributed by atoms with van der Waals surface area (Å²) in [4.78, 5) is 0. The van der Waals surface area contributed by atoms with E-state index in [4.69, 9.17) is 4.74 Å². The Hall–Kier alpha value is -1.38. The highest BCUT2D eigenvalue weighted by molar-refractivity contribution is 5.32. The van der Waals surface area contributed by atoms with Gasteiger partial charge in [0.05, 0.1) is 0 Å². The van der Waals surface area contributed by atoms with Gasteiger partial charge in [0.2, 0.25) is 0 Å². The topological polar surface area (TPSA) is 9.23 Å². The lowest BCUT2D eigenvalue weighted by molar-refractivity contribution is 0.232. The Morgan fingerprint density at radius 3 is 2.47 bits per heavy atom. The second-order valence-corrected chi connectivity index (χ2v) is 6.11. The second-order valence-electron chi connectivity index (χ2n) is 6.11. The van der Waals surface area contributed by atoms with Crippen LogP contribution in [0, 0.1) is 11.3 Å². The van der Waals surface area contributed by atoms with Crippen molar-refractivity contribution in [2.75, 3.05) is 0 Å². The number of rotatable bonds is 2. The van der Waals surface area contributed by atoms with E-state index in [9.17, 15) is 8.78 Å². The van der Waals surface area contributed by atoms with Crippen LogP contribution in [-0.2, 0) is 4.74 Å². The summed E-state index contributed by atoms with van der Waals surface area (Å²) in [6, 6.07) is 0. The van der Waals surface area contributed by atoms with Gasteiger partial charge in [-0.05, 0) is 42.4 Å². The molecule has 19 heavy (non-hydrogen) atoms. The van der Waals surface area contributed by atoms with Crippen molar-refractivity contribution in [1.29, 1.82) is 0 Å². The summed E-state index contributed by atoms with van der Waals surface area (Å²) in [6.45, 7) is 5.94. The van der Waals surface area contributed by atoms with Crippen molar-refractivity contribution in [1.82, 2.24) is 0 Å². The molecule has 0 aromatic rings. The third-order valence-corrected chi connectivity index (χ3v) is 3.50. The molecule has 0 saturated carbocycles. The molecule has 104 valence electrons. The van der Waals surface area contributed by atoms with Crippen molar-refractivity contribution in [3.8, 4) is 0 Å². The molecule has 3 heteroatoms. The van der Waals surface area contributed by atoms with Crippen molar-refractivity contribution >= 4 is 0 Å². The monoisotopic (exact) mass is 266 g/mol. The quantitative estimate of drug-likeness (QED) is 0.655. The number of hydrogen-bond acceptors (Lipinski definition) is 1. The van der Waals surface area contributed by atoms with Gasteiger partial charge in [-0.15, -0.1) is 0 Å². The van der Waals surface area contributed by atoms with Crippen molar-refractivity contribution in [2.45, 2.75) is 40.0 Å². The van der Waals surface area contributed by atoms with Crippen molar-refractivity contribution in [3.63, 3.8) is 0 Å². The number of hydrogen-bond donors (Lipinski definition) is 0. The van der Waals surface area contributed by atoms with E-state index in [-0.39, 0.29) is 23.5 Å². The Kier molecular flexibility index (Phi) is 3.93. The van der Waals surface area contributed by atoms with Crippen LogP contribution in [0.1, 0.15) is 40.0 Å². The summed E-state index contributed by atoms with van der Waals surface area (Å²) in [6.07, 6.45) is 9.01. The predicted molar refractivity (Wildman–Crippen MR) is 72.4 cm³/mol. The Morgan fingerprint density at radius 1 is 1.21 bits per heavy atom. The minimum absolute atomic E-state index is 0.143. The first kappa shape index (κ1) is 14.0. The molecular formula is C16H20F2O. The van der Waals surface area contributed by atoms with Crippen LogP contribution in [0.5, 0.6) is 0 Å². The minimum atomic E-state index is -0.594. The van der Waals surface area contributed by atoms with E-state index in [0.717, 1.165) is 12.8 Å². The zero-order valence-corrected chi connectivity index (χ0v) is 11.7. The van der Waals surface area contributed by atoms with Gasteiger partial charge in [-0.3, -0.25) is 0 Å². The number of ether oxygens (including phenoxy) is 1. The molecule has 0 aromatic carbocycles. The van der Waals surface area contributed by atoms with Crippen LogP contribution in [-0.4, -0.2) is 0 Å². The van der Waals surface area contributed by atoms with Crippen LogP contribution in [0.3, 0.4) is 0 Å². The Labute approximate surface area is 113 Å². The molecular weight excluding hydrogens is 246 g/mol. The maximum atomic E-state index is 14.1. The maximum Gasteiger partial charge on any atom is 0.194 e. The Bertz CT molecular complexity index is 475. The third-order valence-electron chi connectivity index (χ3n) is 3.50. The van der Waals surface area contributed by atoms with E-state index in [1.807, 2.05) is 32.9 Å². The molecule has 2 aliphatic carbocycles. The summed E-state index contributed by atoms with van der Waals surface area (Å²) < 4.78 is 33.4. The van der Waals surface area contributed by atoms with Crippen LogP contribution in [0.15, 0.2) is 47.5 Å². The first-order chi connectivity index (χ1) is 8.88. The number of halogens is 2. The summed E-state index contributed by atoms with van der Waals surface area (Å²) in [7, 11) is 0. The third kappa shape index (κ3) is 3.34. The van der Waals surface area contributed by atoms with Crippen molar-refractivity contribution in [2.24, 2.45) is 11.3 Å². The van der Waals surface area contributed by atoms with E-state index in [1.54, 1.807) is 6.08 Å². The van der Waals surface area contributed by atoms with Gasteiger partial charge < -0.3 is 4.74 Å².